The van der Waals surface area contributed by atoms with Gasteiger partial charge in [-0.2, -0.15) is 10.4 Å². The van der Waals surface area contributed by atoms with Gasteiger partial charge in [0, 0.05) is 57.1 Å². The molecular weight excluding hydrogens is 532 g/mol. The van der Waals surface area contributed by atoms with Gasteiger partial charge < -0.3 is 15.5 Å². The second kappa shape index (κ2) is 11.7. The maximum Gasteiger partial charge on any atom is 0.281 e. The van der Waals surface area contributed by atoms with Gasteiger partial charge in [-0.15, -0.1) is 0 Å². The summed E-state index contributed by atoms with van der Waals surface area (Å²) in [4.78, 5) is 33.1. The zero-order chi connectivity index (χ0) is 29.1. The van der Waals surface area contributed by atoms with Gasteiger partial charge in [-0.25, -0.2) is 13.8 Å². The highest BCUT2D eigenvalue weighted by Crippen LogP contribution is 2.38. The molecule has 1 aliphatic carbocycles. The normalized spacial score (nSPS) is 19.7. The van der Waals surface area contributed by atoms with Crippen LogP contribution in [0.4, 0.5) is 8.78 Å². The number of nitriles is 1. The Balaban J connectivity index is 1.21. The van der Waals surface area contributed by atoms with E-state index in [2.05, 4.69) is 31.7 Å². The molecular formula is C28H33F2N9O2. The number of halogens is 2. The summed E-state index contributed by atoms with van der Waals surface area (Å²) < 4.78 is 28.6. The third-order valence-corrected chi connectivity index (χ3v) is 8.24. The lowest BCUT2D eigenvalue weighted by molar-refractivity contribution is -0.130. The number of likely N-dealkylation sites (tertiary alicyclic amines) is 2. The SMILES string of the molecule is CC(=O)N1CCC(N2CC(N/C=C(/NC(=O)c3cccc(-c4cnn(C5(C#N)CCC5)c4)n3)C(=N)C(F)F)C2)CC1. The number of carbonyl (C=O) groups is 2. The van der Waals surface area contributed by atoms with E-state index in [-0.39, 0.29) is 23.3 Å². The van der Waals surface area contributed by atoms with Crippen molar-refractivity contribution in [3.8, 4) is 17.3 Å². The van der Waals surface area contributed by atoms with Crippen molar-refractivity contribution in [3.63, 3.8) is 0 Å². The fourth-order valence-corrected chi connectivity index (χ4v) is 5.46. The molecule has 5 rings (SSSR count). The van der Waals surface area contributed by atoms with Crippen molar-refractivity contribution in [1.82, 2.24) is 35.2 Å². The Labute approximate surface area is 236 Å². The number of rotatable bonds is 9. The molecule has 4 heterocycles. The fraction of sp³-hybridized carbons (Fsp3) is 0.500. The largest absolute Gasteiger partial charge is 0.384 e. The molecule has 2 saturated heterocycles. The van der Waals surface area contributed by atoms with Crippen LogP contribution in [0.5, 0.6) is 0 Å². The van der Waals surface area contributed by atoms with Crippen LogP contribution in [0.1, 0.15) is 49.5 Å². The summed E-state index contributed by atoms with van der Waals surface area (Å²) >= 11 is 0. The summed E-state index contributed by atoms with van der Waals surface area (Å²) in [5.41, 5.74) is -0.903. The van der Waals surface area contributed by atoms with Crippen molar-refractivity contribution in [1.29, 1.82) is 10.7 Å². The van der Waals surface area contributed by atoms with E-state index in [0.29, 0.717) is 30.4 Å². The van der Waals surface area contributed by atoms with Crippen molar-refractivity contribution in [2.45, 2.75) is 63.1 Å². The number of carbonyl (C=O) groups excluding carboxylic acids is 2. The molecule has 0 spiro atoms. The van der Waals surface area contributed by atoms with Crippen molar-refractivity contribution < 1.29 is 18.4 Å². The molecule has 1 saturated carbocycles. The van der Waals surface area contributed by atoms with Gasteiger partial charge in [-0.05, 0) is 44.2 Å². The van der Waals surface area contributed by atoms with Gasteiger partial charge in [0.25, 0.3) is 12.3 Å². The van der Waals surface area contributed by atoms with Crippen LogP contribution in [0.25, 0.3) is 11.3 Å². The average Bonchev–Trinajstić information content (AvgIpc) is 3.41. The van der Waals surface area contributed by atoms with E-state index in [1.807, 2.05) is 4.90 Å². The number of piperidine rings is 1. The standard InChI is InChI=1S/C28H33F2N9O2/c1-18(40)37-10-6-21(7-11-37)38-15-20(16-38)33-13-24(25(32)26(29)30)36-27(41)23-5-2-4-22(35-23)19-12-34-39(14-19)28(17-31)8-3-9-28/h2,4-5,12-14,20-21,26,32-33H,3,6-11,15-16H2,1H3,(H,36,41)/b24-13+,32-25?. The number of pyridine rings is 1. The highest BCUT2D eigenvalue weighted by atomic mass is 19.3. The first kappa shape index (κ1) is 28.4. The Kier molecular flexibility index (Phi) is 8.12. The molecule has 11 nitrogen and oxygen atoms in total. The second-order valence-corrected chi connectivity index (χ2v) is 10.9. The number of amides is 2. The van der Waals surface area contributed by atoms with Gasteiger partial charge in [0.1, 0.15) is 16.9 Å². The molecule has 3 fully saturated rings. The van der Waals surface area contributed by atoms with E-state index in [4.69, 9.17) is 5.41 Å². The fourth-order valence-electron chi connectivity index (χ4n) is 5.46. The van der Waals surface area contributed by atoms with E-state index in [1.165, 1.54) is 12.3 Å². The predicted molar refractivity (Wildman–Crippen MR) is 146 cm³/mol. The first-order valence-corrected chi connectivity index (χ1v) is 13.8. The first-order valence-electron chi connectivity index (χ1n) is 13.8. The number of hydrogen-bond acceptors (Lipinski definition) is 8. The molecule has 2 aromatic heterocycles. The molecule has 0 unspecified atom stereocenters. The minimum atomic E-state index is -3.07. The number of nitrogens with one attached hydrogen (secondary N) is 3. The number of nitrogens with zero attached hydrogens (tertiary/aromatic N) is 6. The van der Waals surface area contributed by atoms with E-state index in [1.54, 1.807) is 36.1 Å². The number of aromatic nitrogens is 3. The molecule has 13 heteroatoms. The molecule has 3 N–H and O–H groups in total. The molecule has 0 radical (unpaired) electrons. The van der Waals surface area contributed by atoms with Crippen LogP contribution in [0.3, 0.4) is 0 Å². The van der Waals surface area contributed by atoms with E-state index in [9.17, 15) is 23.6 Å². The van der Waals surface area contributed by atoms with Crippen molar-refractivity contribution in [2.24, 2.45) is 0 Å². The van der Waals surface area contributed by atoms with Gasteiger partial charge in [-0.1, -0.05) is 6.07 Å². The third-order valence-electron chi connectivity index (χ3n) is 8.24. The summed E-state index contributed by atoms with van der Waals surface area (Å²) in [6.07, 6.45) is 5.68. The summed E-state index contributed by atoms with van der Waals surface area (Å²) in [6.45, 7) is 4.44. The van der Waals surface area contributed by atoms with Gasteiger partial charge in [0.2, 0.25) is 5.91 Å². The molecule has 0 bridgehead atoms. The summed E-state index contributed by atoms with van der Waals surface area (Å²) in [6, 6.07) is 7.47. The van der Waals surface area contributed by atoms with Crippen LogP contribution in [-0.2, 0) is 10.3 Å². The third kappa shape index (κ3) is 5.97. The van der Waals surface area contributed by atoms with Gasteiger partial charge in [0.05, 0.1) is 29.7 Å². The van der Waals surface area contributed by atoms with E-state index < -0.39 is 23.6 Å². The Morgan fingerprint density at radius 1 is 1.24 bits per heavy atom. The smallest absolute Gasteiger partial charge is 0.281 e. The monoisotopic (exact) mass is 565 g/mol. The lowest BCUT2D eigenvalue weighted by Crippen LogP contribution is -2.62. The summed E-state index contributed by atoms with van der Waals surface area (Å²) in [5.74, 6) is -0.638. The summed E-state index contributed by atoms with van der Waals surface area (Å²) in [7, 11) is 0. The second-order valence-electron chi connectivity index (χ2n) is 10.9. The molecule has 2 amide bonds. The lowest BCUT2D eigenvalue weighted by atomic mass is 9.78. The van der Waals surface area contributed by atoms with Crippen LogP contribution in [0.2, 0.25) is 0 Å². The van der Waals surface area contributed by atoms with Gasteiger partial charge in [0.15, 0.2) is 0 Å². The highest BCUT2D eigenvalue weighted by molar-refractivity contribution is 6.05. The van der Waals surface area contributed by atoms with Gasteiger partial charge in [-0.3, -0.25) is 24.6 Å². The van der Waals surface area contributed by atoms with Crippen LogP contribution in [-0.4, -0.2) is 86.8 Å². The van der Waals surface area contributed by atoms with Crippen molar-refractivity contribution >= 4 is 17.5 Å². The Morgan fingerprint density at radius 3 is 2.59 bits per heavy atom. The molecule has 0 atom stereocenters. The minimum absolute atomic E-state index is 0.00594. The number of alkyl halides is 2. The number of hydrogen-bond donors (Lipinski definition) is 3. The first-order chi connectivity index (χ1) is 19.7. The zero-order valence-electron chi connectivity index (χ0n) is 22.8. The molecule has 3 aliphatic rings. The molecule has 41 heavy (non-hydrogen) atoms. The minimum Gasteiger partial charge on any atom is -0.384 e. The van der Waals surface area contributed by atoms with Gasteiger partial charge >= 0.3 is 0 Å². The van der Waals surface area contributed by atoms with Crippen LogP contribution < -0.4 is 10.6 Å². The quantitative estimate of drug-likeness (QED) is 0.397. The average molecular weight is 566 g/mol. The van der Waals surface area contributed by atoms with Crippen molar-refractivity contribution in [2.75, 3.05) is 26.2 Å². The van der Waals surface area contributed by atoms with Crippen LogP contribution in [0, 0.1) is 16.7 Å². The zero-order valence-corrected chi connectivity index (χ0v) is 22.8. The number of allylic oxidation sites excluding steroid dienone is 1. The van der Waals surface area contributed by atoms with E-state index in [0.717, 1.165) is 45.2 Å². The molecule has 0 aromatic carbocycles. The lowest BCUT2D eigenvalue weighted by Gasteiger charge is -2.47. The highest BCUT2D eigenvalue weighted by Gasteiger charge is 2.40. The Hall–Kier alpha value is -4.18. The van der Waals surface area contributed by atoms with Crippen LogP contribution in [0.15, 0.2) is 42.5 Å². The molecule has 2 aliphatic heterocycles. The Morgan fingerprint density at radius 2 is 1.98 bits per heavy atom. The Bertz CT molecular complexity index is 1380. The molecule has 2 aromatic rings. The maximum atomic E-state index is 13.5. The molecule has 216 valence electrons. The van der Waals surface area contributed by atoms with Crippen molar-refractivity contribution in [3.05, 3.63) is 48.2 Å². The van der Waals surface area contributed by atoms with Crippen LogP contribution >= 0.6 is 0 Å². The topological polar surface area (TPSA) is 143 Å². The van der Waals surface area contributed by atoms with E-state index >= 15 is 0 Å². The summed E-state index contributed by atoms with van der Waals surface area (Å²) in [5, 5.41) is 27.2. The maximum absolute atomic E-state index is 13.5. The predicted octanol–water partition coefficient (Wildman–Crippen LogP) is 2.49.